The van der Waals surface area contributed by atoms with Crippen molar-refractivity contribution in [3.05, 3.63) is 29.0 Å². The number of benzene rings is 1. The van der Waals surface area contributed by atoms with Gasteiger partial charge in [-0.3, -0.25) is 0 Å². The van der Waals surface area contributed by atoms with Crippen LogP contribution in [0.1, 0.15) is 55.3 Å². The maximum absolute atomic E-state index is 5.61. The van der Waals surface area contributed by atoms with Gasteiger partial charge in [0.2, 0.25) is 11.7 Å². The number of methoxy groups -OCH3 is 3. The lowest BCUT2D eigenvalue weighted by molar-refractivity contribution is 0.315. The van der Waals surface area contributed by atoms with Crippen LogP contribution in [0.3, 0.4) is 0 Å². The largest absolute Gasteiger partial charge is 0.493 e. The zero-order valence-electron chi connectivity index (χ0n) is 21.9. The fourth-order valence-corrected chi connectivity index (χ4v) is 5.42. The minimum absolute atomic E-state index is 0.439. The van der Waals surface area contributed by atoms with Crippen LogP contribution in [0.15, 0.2) is 12.1 Å². The highest BCUT2D eigenvalue weighted by atomic mass is 16.5. The molecule has 0 bridgehead atoms. The predicted molar refractivity (Wildman–Crippen MR) is 140 cm³/mol. The summed E-state index contributed by atoms with van der Waals surface area (Å²) in [6.45, 7) is 1.72. The predicted octanol–water partition coefficient (Wildman–Crippen LogP) is 4.21. The number of aromatic nitrogens is 2. The van der Waals surface area contributed by atoms with Gasteiger partial charge in [-0.1, -0.05) is 6.07 Å². The number of hydrogen-bond acceptors (Lipinski definition) is 8. The van der Waals surface area contributed by atoms with Gasteiger partial charge in [-0.25, -0.2) is 4.98 Å². The zero-order valence-corrected chi connectivity index (χ0v) is 21.9. The summed E-state index contributed by atoms with van der Waals surface area (Å²) in [5.74, 6) is 4.61. The van der Waals surface area contributed by atoms with E-state index in [4.69, 9.17) is 24.2 Å². The molecule has 1 heterocycles. The smallest absolute Gasteiger partial charge is 0.225 e. The standard InChI is InChI=1S/C27H41N5O3/c1-32(2)26-21-8-6-7-9-22(21)30-27(31-26)29-20-13-10-18(11-14-20)16-28-17-19-12-15-23(33-3)25(35-5)24(19)34-4/h12,15,18,20,28H,6-11,13-14,16-17H2,1-5H3,(H,29,30,31). The molecule has 0 radical (unpaired) electrons. The molecule has 0 unspecified atom stereocenters. The average molecular weight is 484 g/mol. The van der Waals surface area contributed by atoms with Crippen molar-refractivity contribution >= 4 is 11.8 Å². The second kappa shape index (κ2) is 11.8. The Labute approximate surface area is 209 Å². The van der Waals surface area contributed by atoms with Crippen molar-refractivity contribution in [3.8, 4) is 17.2 Å². The van der Waals surface area contributed by atoms with Crippen molar-refractivity contribution in [1.82, 2.24) is 15.3 Å². The number of nitrogens with zero attached hydrogens (tertiary/aromatic N) is 3. The van der Waals surface area contributed by atoms with E-state index in [-0.39, 0.29) is 0 Å². The molecule has 8 nitrogen and oxygen atoms in total. The SMILES string of the molecule is COc1ccc(CNCC2CCC(Nc3nc4c(c(N(C)C)n3)CCCC4)CC2)c(OC)c1OC. The van der Waals surface area contributed by atoms with E-state index in [1.54, 1.807) is 21.3 Å². The Bertz CT molecular complexity index is 989. The Kier molecular flexibility index (Phi) is 8.55. The van der Waals surface area contributed by atoms with Gasteiger partial charge in [0.25, 0.3) is 0 Å². The van der Waals surface area contributed by atoms with Crippen molar-refractivity contribution in [2.75, 3.05) is 52.2 Å². The number of fused-ring (bicyclic) bond motifs is 1. The fraction of sp³-hybridized carbons (Fsp3) is 0.630. The molecule has 35 heavy (non-hydrogen) atoms. The Morgan fingerprint density at radius 3 is 2.34 bits per heavy atom. The zero-order chi connectivity index (χ0) is 24.8. The van der Waals surface area contributed by atoms with E-state index in [2.05, 4.69) is 29.6 Å². The molecule has 0 saturated heterocycles. The lowest BCUT2D eigenvalue weighted by Gasteiger charge is -2.30. The maximum atomic E-state index is 5.61. The van der Waals surface area contributed by atoms with Gasteiger partial charge in [-0.05, 0) is 69.9 Å². The van der Waals surface area contributed by atoms with Crippen molar-refractivity contribution in [1.29, 1.82) is 0 Å². The Balaban J connectivity index is 1.28. The van der Waals surface area contributed by atoms with Crippen LogP contribution in [0.4, 0.5) is 11.8 Å². The number of anilines is 2. The van der Waals surface area contributed by atoms with E-state index in [9.17, 15) is 0 Å². The van der Waals surface area contributed by atoms with Gasteiger partial charge in [-0.15, -0.1) is 0 Å². The summed E-state index contributed by atoms with van der Waals surface area (Å²) in [5.41, 5.74) is 3.65. The lowest BCUT2D eigenvalue weighted by Crippen LogP contribution is -2.32. The summed E-state index contributed by atoms with van der Waals surface area (Å²) in [6, 6.07) is 4.41. The minimum Gasteiger partial charge on any atom is -0.493 e. The summed E-state index contributed by atoms with van der Waals surface area (Å²) < 4.78 is 16.5. The van der Waals surface area contributed by atoms with E-state index in [0.717, 1.165) is 61.9 Å². The van der Waals surface area contributed by atoms with Crippen LogP contribution in [0.2, 0.25) is 0 Å². The summed E-state index contributed by atoms with van der Waals surface area (Å²) >= 11 is 0. The molecule has 2 aromatic rings. The summed E-state index contributed by atoms with van der Waals surface area (Å²) in [6.07, 6.45) is 9.30. The molecular weight excluding hydrogens is 442 g/mol. The molecule has 0 amide bonds. The summed E-state index contributed by atoms with van der Waals surface area (Å²) in [4.78, 5) is 11.9. The molecule has 1 fully saturated rings. The monoisotopic (exact) mass is 483 g/mol. The van der Waals surface area contributed by atoms with Crippen LogP contribution < -0.4 is 29.7 Å². The average Bonchev–Trinajstić information content (AvgIpc) is 2.88. The first-order valence-electron chi connectivity index (χ1n) is 12.9. The van der Waals surface area contributed by atoms with Gasteiger partial charge in [0.15, 0.2) is 11.5 Å². The first-order valence-corrected chi connectivity index (χ1v) is 12.9. The lowest BCUT2D eigenvalue weighted by atomic mass is 9.86. The van der Waals surface area contributed by atoms with E-state index >= 15 is 0 Å². The van der Waals surface area contributed by atoms with E-state index < -0.39 is 0 Å². The topological polar surface area (TPSA) is 80.8 Å². The highest BCUT2D eigenvalue weighted by Crippen LogP contribution is 2.39. The van der Waals surface area contributed by atoms with Gasteiger partial charge in [0, 0.05) is 37.8 Å². The van der Waals surface area contributed by atoms with Crippen molar-refractivity contribution in [2.24, 2.45) is 5.92 Å². The van der Waals surface area contributed by atoms with Gasteiger partial charge >= 0.3 is 0 Å². The van der Waals surface area contributed by atoms with Crippen molar-refractivity contribution in [3.63, 3.8) is 0 Å². The molecule has 8 heteroatoms. The molecule has 2 N–H and O–H groups in total. The normalized spacial score (nSPS) is 19.6. The van der Waals surface area contributed by atoms with Gasteiger partial charge in [0.1, 0.15) is 5.82 Å². The van der Waals surface area contributed by atoms with Crippen LogP contribution >= 0.6 is 0 Å². The Morgan fingerprint density at radius 1 is 0.914 bits per heavy atom. The molecule has 2 aliphatic rings. The van der Waals surface area contributed by atoms with Crippen molar-refractivity contribution in [2.45, 2.75) is 64.0 Å². The molecule has 2 aliphatic carbocycles. The van der Waals surface area contributed by atoms with Gasteiger partial charge in [-0.2, -0.15) is 4.98 Å². The third kappa shape index (κ3) is 5.92. The van der Waals surface area contributed by atoms with E-state index in [1.807, 2.05) is 12.1 Å². The molecule has 0 spiro atoms. The van der Waals surface area contributed by atoms with E-state index in [1.165, 1.54) is 36.9 Å². The molecule has 1 saturated carbocycles. The van der Waals surface area contributed by atoms with Crippen LogP contribution in [0.5, 0.6) is 17.2 Å². The third-order valence-corrected chi connectivity index (χ3v) is 7.30. The quantitative estimate of drug-likeness (QED) is 0.520. The Hall–Kier alpha value is -2.74. The number of ether oxygens (including phenoxy) is 3. The van der Waals surface area contributed by atoms with Crippen LogP contribution in [0.25, 0.3) is 0 Å². The summed E-state index contributed by atoms with van der Waals surface area (Å²) in [5, 5.41) is 7.28. The van der Waals surface area contributed by atoms with Gasteiger partial charge in [0.05, 0.1) is 27.0 Å². The highest BCUT2D eigenvalue weighted by Gasteiger charge is 2.24. The third-order valence-electron chi connectivity index (χ3n) is 7.30. The number of aryl methyl sites for hydroxylation is 1. The van der Waals surface area contributed by atoms with Crippen LogP contribution in [-0.2, 0) is 19.4 Å². The second-order valence-electron chi connectivity index (χ2n) is 9.88. The van der Waals surface area contributed by atoms with Crippen LogP contribution in [-0.4, -0.2) is 58.0 Å². The molecule has 0 aliphatic heterocycles. The fourth-order valence-electron chi connectivity index (χ4n) is 5.42. The molecule has 192 valence electrons. The molecule has 1 aromatic carbocycles. The number of nitrogens with one attached hydrogen (secondary N) is 2. The maximum Gasteiger partial charge on any atom is 0.225 e. The van der Waals surface area contributed by atoms with Crippen molar-refractivity contribution < 1.29 is 14.2 Å². The summed E-state index contributed by atoms with van der Waals surface area (Å²) in [7, 11) is 9.11. The second-order valence-corrected chi connectivity index (χ2v) is 9.88. The molecular formula is C27H41N5O3. The van der Waals surface area contributed by atoms with Crippen LogP contribution in [0, 0.1) is 5.92 Å². The van der Waals surface area contributed by atoms with E-state index in [0.29, 0.717) is 23.5 Å². The highest BCUT2D eigenvalue weighted by molar-refractivity contribution is 5.56. The molecule has 1 aromatic heterocycles. The molecule has 0 atom stereocenters. The Morgan fingerprint density at radius 2 is 1.66 bits per heavy atom. The first kappa shape index (κ1) is 25.4. The minimum atomic E-state index is 0.439. The first-order chi connectivity index (χ1) is 17.0. The number of hydrogen-bond donors (Lipinski definition) is 2. The van der Waals surface area contributed by atoms with Gasteiger partial charge < -0.3 is 29.7 Å². The molecule has 4 rings (SSSR count). The number of rotatable bonds is 10.